The van der Waals surface area contributed by atoms with Crippen LogP contribution in [-0.4, -0.2) is 51.6 Å². The summed E-state index contributed by atoms with van der Waals surface area (Å²) in [6.45, 7) is 1.56. The minimum Gasteiger partial charge on any atom is -0.381 e. The Balaban J connectivity index is 1.32. The number of anilines is 2. The fourth-order valence-electron chi connectivity index (χ4n) is 6.42. The maximum atomic E-state index is 13.7. The van der Waals surface area contributed by atoms with E-state index in [1.807, 2.05) is 28.7 Å². The first kappa shape index (κ1) is 24.0. The molecule has 198 valence electrons. The number of nitrogens with one attached hydrogen (secondary N) is 2. The number of hydrogen-bond acceptors (Lipinski definition) is 6. The molecule has 1 saturated heterocycles. The highest BCUT2D eigenvalue weighted by molar-refractivity contribution is 6.03. The quantitative estimate of drug-likeness (QED) is 0.337. The SMILES string of the molecule is CN(C)C1CC2(CCOCC2)c2ccc(Nc3ccc(-c4cnc5cc(F)ccn45)c4cc[nH]c(=O)c34)nc21. The molecule has 2 aliphatic rings. The molecule has 5 heterocycles. The Hall–Kier alpha value is -4.08. The first-order valence-corrected chi connectivity index (χ1v) is 13.2. The van der Waals surface area contributed by atoms with Crippen molar-refractivity contribution in [2.75, 3.05) is 32.6 Å². The number of aromatic amines is 1. The van der Waals surface area contributed by atoms with Gasteiger partial charge >= 0.3 is 0 Å². The van der Waals surface area contributed by atoms with Crippen LogP contribution in [0.2, 0.25) is 0 Å². The molecule has 8 nitrogen and oxygen atoms in total. The van der Waals surface area contributed by atoms with E-state index < -0.39 is 0 Å². The lowest BCUT2D eigenvalue weighted by Gasteiger charge is -2.35. The molecule has 1 fully saturated rings. The fourth-order valence-corrected chi connectivity index (χ4v) is 6.42. The molecule has 1 aliphatic carbocycles. The van der Waals surface area contributed by atoms with Crippen LogP contribution >= 0.6 is 0 Å². The van der Waals surface area contributed by atoms with E-state index >= 15 is 0 Å². The lowest BCUT2D eigenvalue weighted by atomic mass is 9.75. The zero-order chi connectivity index (χ0) is 26.7. The van der Waals surface area contributed by atoms with Crippen LogP contribution < -0.4 is 10.9 Å². The Morgan fingerprint density at radius 3 is 2.82 bits per heavy atom. The number of aromatic nitrogens is 4. The van der Waals surface area contributed by atoms with Gasteiger partial charge in [0.2, 0.25) is 0 Å². The van der Waals surface area contributed by atoms with Gasteiger partial charge in [0.1, 0.15) is 17.3 Å². The second-order valence-corrected chi connectivity index (χ2v) is 10.8. The minimum absolute atomic E-state index is 0.108. The van der Waals surface area contributed by atoms with Crippen molar-refractivity contribution in [2.45, 2.75) is 30.7 Å². The van der Waals surface area contributed by atoms with Crippen LogP contribution in [0.1, 0.15) is 36.6 Å². The molecular weight excluding hydrogens is 495 g/mol. The molecule has 5 aromatic rings. The summed E-state index contributed by atoms with van der Waals surface area (Å²) in [6.07, 6.45) is 8.05. The average Bonchev–Trinajstić information content (AvgIpc) is 3.48. The monoisotopic (exact) mass is 524 g/mol. The fraction of sp³-hybridized carbons (Fsp3) is 0.300. The Bertz CT molecular complexity index is 1790. The van der Waals surface area contributed by atoms with Gasteiger partial charge < -0.3 is 19.9 Å². The summed E-state index contributed by atoms with van der Waals surface area (Å²) in [5.41, 5.74) is 5.10. The van der Waals surface area contributed by atoms with Crippen molar-refractivity contribution >= 4 is 27.9 Å². The number of halogens is 1. The molecule has 0 radical (unpaired) electrons. The van der Waals surface area contributed by atoms with Crippen molar-refractivity contribution in [1.82, 2.24) is 24.3 Å². The number of benzene rings is 1. The summed E-state index contributed by atoms with van der Waals surface area (Å²) in [6, 6.07) is 13.0. The Labute approximate surface area is 224 Å². The van der Waals surface area contributed by atoms with Gasteiger partial charge in [0.15, 0.2) is 0 Å². The summed E-state index contributed by atoms with van der Waals surface area (Å²) < 4.78 is 21.3. The summed E-state index contributed by atoms with van der Waals surface area (Å²) >= 11 is 0. The maximum Gasteiger partial charge on any atom is 0.257 e. The van der Waals surface area contributed by atoms with Gasteiger partial charge in [-0.2, -0.15) is 0 Å². The topological polar surface area (TPSA) is 87.5 Å². The van der Waals surface area contributed by atoms with E-state index in [2.05, 4.69) is 40.3 Å². The Morgan fingerprint density at radius 1 is 1.15 bits per heavy atom. The van der Waals surface area contributed by atoms with Crippen LogP contribution in [0.5, 0.6) is 0 Å². The van der Waals surface area contributed by atoms with Crippen LogP contribution in [0.15, 0.2) is 65.8 Å². The Morgan fingerprint density at radius 2 is 2.00 bits per heavy atom. The van der Waals surface area contributed by atoms with Crippen LogP contribution in [0.4, 0.5) is 15.9 Å². The van der Waals surface area contributed by atoms with Crippen LogP contribution in [0, 0.1) is 5.82 Å². The molecule has 7 rings (SSSR count). The van der Waals surface area contributed by atoms with Gasteiger partial charge in [-0.25, -0.2) is 14.4 Å². The maximum absolute atomic E-state index is 13.7. The van der Waals surface area contributed by atoms with Crippen molar-refractivity contribution < 1.29 is 9.13 Å². The van der Waals surface area contributed by atoms with E-state index in [1.165, 1.54) is 17.7 Å². The standard InChI is InChI=1S/C30H29FN6O2/c1-36(2)23-16-30(9-13-39-14-10-30)21-4-6-25(35-28(21)23)34-22-5-3-19(20-7-11-32-29(38)27(20)22)24-17-33-26-15-18(31)8-12-37(24)26/h3-8,11-12,15,17,23H,9-10,13-14,16H2,1-2H3,(H,32,38)(H,34,35). The third-order valence-electron chi connectivity index (χ3n) is 8.42. The molecule has 1 aliphatic heterocycles. The molecule has 1 spiro atoms. The molecule has 4 aromatic heterocycles. The van der Waals surface area contributed by atoms with E-state index in [0.29, 0.717) is 22.5 Å². The summed E-state index contributed by atoms with van der Waals surface area (Å²) in [7, 11) is 4.21. The zero-order valence-electron chi connectivity index (χ0n) is 21.9. The first-order chi connectivity index (χ1) is 18.9. The number of nitrogens with zero attached hydrogens (tertiary/aromatic N) is 4. The third-order valence-corrected chi connectivity index (χ3v) is 8.42. The van der Waals surface area contributed by atoms with Crippen LogP contribution in [0.3, 0.4) is 0 Å². The molecule has 1 aromatic carbocycles. The largest absolute Gasteiger partial charge is 0.381 e. The smallest absolute Gasteiger partial charge is 0.257 e. The predicted octanol–water partition coefficient (Wildman–Crippen LogP) is 5.18. The number of rotatable bonds is 4. The third kappa shape index (κ3) is 3.84. The lowest BCUT2D eigenvalue weighted by molar-refractivity contribution is 0.0443. The molecule has 1 atom stereocenters. The number of pyridine rings is 3. The summed E-state index contributed by atoms with van der Waals surface area (Å²) in [5.74, 6) is 0.355. The van der Waals surface area contributed by atoms with Gasteiger partial charge in [-0.3, -0.25) is 9.20 Å². The van der Waals surface area contributed by atoms with Gasteiger partial charge in [0.05, 0.1) is 34.7 Å². The van der Waals surface area contributed by atoms with Gasteiger partial charge in [-0.15, -0.1) is 0 Å². The van der Waals surface area contributed by atoms with Gasteiger partial charge in [0.25, 0.3) is 5.56 Å². The predicted molar refractivity (Wildman–Crippen MR) is 149 cm³/mol. The van der Waals surface area contributed by atoms with E-state index in [1.54, 1.807) is 18.6 Å². The first-order valence-electron chi connectivity index (χ1n) is 13.2. The molecule has 0 bridgehead atoms. The van der Waals surface area contributed by atoms with E-state index in [4.69, 9.17) is 9.72 Å². The lowest BCUT2D eigenvalue weighted by Crippen LogP contribution is -2.32. The van der Waals surface area contributed by atoms with Gasteiger partial charge in [0, 0.05) is 48.0 Å². The molecule has 39 heavy (non-hydrogen) atoms. The van der Waals surface area contributed by atoms with Crippen molar-refractivity contribution in [3.63, 3.8) is 0 Å². The number of hydrogen-bond donors (Lipinski definition) is 2. The number of H-pyrrole nitrogens is 1. The molecular formula is C30H29FN6O2. The summed E-state index contributed by atoms with van der Waals surface area (Å²) in [5, 5.41) is 4.73. The van der Waals surface area contributed by atoms with Gasteiger partial charge in [-0.05, 0) is 63.2 Å². The number of imidazole rings is 1. The highest BCUT2D eigenvalue weighted by atomic mass is 19.1. The normalized spacial score (nSPS) is 18.3. The molecule has 0 amide bonds. The van der Waals surface area contributed by atoms with Crippen LogP contribution in [0.25, 0.3) is 27.7 Å². The number of fused-ring (bicyclic) bond motifs is 4. The van der Waals surface area contributed by atoms with E-state index in [9.17, 15) is 9.18 Å². The molecule has 2 N–H and O–H groups in total. The van der Waals surface area contributed by atoms with Crippen molar-refractivity contribution in [3.05, 3.63) is 88.5 Å². The average molecular weight is 525 g/mol. The zero-order valence-corrected chi connectivity index (χ0v) is 21.9. The highest BCUT2D eigenvalue weighted by Crippen LogP contribution is 2.51. The van der Waals surface area contributed by atoms with Crippen molar-refractivity contribution in [2.24, 2.45) is 0 Å². The second-order valence-electron chi connectivity index (χ2n) is 10.8. The molecule has 1 unspecified atom stereocenters. The van der Waals surface area contributed by atoms with E-state index in [-0.39, 0.29) is 22.8 Å². The van der Waals surface area contributed by atoms with E-state index in [0.717, 1.165) is 54.8 Å². The van der Waals surface area contributed by atoms with Crippen molar-refractivity contribution in [1.29, 1.82) is 0 Å². The number of ether oxygens (including phenoxy) is 1. The molecule has 0 saturated carbocycles. The summed E-state index contributed by atoms with van der Waals surface area (Å²) in [4.78, 5) is 27.7. The highest BCUT2D eigenvalue weighted by Gasteiger charge is 2.46. The van der Waals surface area contributed by atoms with Crippen molar-refractivity contribution in [3.8, 4) is 11.3 Å². The van der Waals surface area contributed by atoms with Crippen LogP contribution in [-0.2, 0) is 10.2 Å². The minimum atomic E-state index is -0.346. The molecule has 9 heteroatoms. The Kier molecular flexibility index (Phi) is 5.54. The van der Waals surface area contributed by atoms with Gasteiger partial charge in [-0.1, -0.05) is 12.1 Å². The second kappa shape index (κ2) is 9.00.